The van der Waals surface area contributed by atoms with Crippen molar-refractivity contribution >= 4 is 21.6 Å². The number of carbonyl (C=O) groups is 1. The molecule has 3 N–H and O–H groups in total. The Hall–Kier alpha value is -1.70. The molecular formula is C10H12F2N2O3S. The van der Waals surface area contributed by atoms with E-state index in [2.05, 4.69) is 0 Å². The predicted molar refractivity (Wildman–Crippen MR) is 62.4 cm³/mol. The van der Waals surface area contributed by atoms with Gasteiger partial charge in [0.05, 0.1) is 12.2 Å². The molecule has 0 aromatic heterocycles. The van der Waals surface area contributed by atoms with Crippen LogP contribution in [0.25, 0.3) is 0 Å². The summed E-state index contributed by atoms with van der Waals surface area (Å²) in [5, 5.41) is 0. The van der Waals surface area contributed by atoms with Gasteiger partial charge >= 0.3 is 0 Å². The molecule has 100 valence electrons. The van der Waals surface area contributed by atoms with E-state index in [0.29, 0.717) is 0 Å². The second-order valence-corrected chi connectivity index (χ2v) is 5.61. The van der Waals surface area contributed by atoms with Gasteiger partial charge in [0.1, 0.15) is 5.69 Å². The molecule has 1 unspecified atom stereocenters. The lowest BCUT2D eigenvalue weighted by Gasteiger charge is -2.12. The Balaban J connectivity index is 3.25. The van der Waals surface area contributed by atoms with Crippen molar-refractivity contribution in [1.29, 1.82) is 0 Å². The molecule has 0 aliphatic carbocycles. The van der Waals surface area contributed by atoms with E-state index in [1.165, 1.54) is 6.92 Å². The number of hydrogen-bond donors (Lipinski definition) is 2. The van der Waals surface area contributed by atoms with Crippen molar-refractivity contribution < 1.29 is 22.0 Å². The highest BCUT2D eigenvalue weighted by Crippen LogP contribution is 2.25. The van der Waals surface area contributed by atoms with Gasteiger partial charge in [0.25, 0.3) is 0 Å². The summed E-state index contributed by atoms with van der Waals surface area (Å²) >= 11 is 0. The van der Waals surface area contributed by atoms with Crippen LogP contribution in [0.2, 0.25) is 0 Å². The smallest absolute Gasteiger partial charge is 0.230 e. The first kappa shape index (κ1) is 14.4. The van der Waals surface area contributed by atoms with Gasteiger partial charge in [-0.3, -0.25) is 9.52 Å². The van der Waals surface area contributed by atoms with Crippen LogP contribution in [0.3, 0.4) is 0 Å². The number of sulfonamides is 1. The summed E-state index contributed by atoms with van der Waals surface area (Å²) in [5.41, 5.74) is 4.27. The van der Waals surface area contributed by atoms with Crippen molar-refractivity contribution in [1.82, 2.24) is 0 Å². The number of amides is 1. The predicted octanol–water partition coefficient (Wildman–Crippen LogP) is 0.925. The minimum absolute atomic E-state index is 0.0385. The van der Waals surface area contributed by atoms with E-state index in [-0.39, 0.29) is 5.56 Å². The van der Waals surface area contributed by atoms with E-state index in [1.807, 2.05) is 0 Å². The number of nitrogens with two attached hydrogens (primary N) is 1. The summed E-state index contributed by atoms with van der Waals surface area (Å²) in [7, 11) is -3.79. The molecule has 0 saturated heterocycles. The van der Waals surface area contributed by atoms with Crippen LogP contribution in [0, 0.1) is 11.6 Å². The number of anilines is 1. The van der Waals surface area contributed by atoms with Crippen molar-refractivity contribution in [3.05, 3.63) is 29.3 Å². The maximum atomic E-state index is 13.5. The molecule has 0 aliphatic heterocycles. The average Bonchev–Trinajstić information content (AvgIpc) is 2.20. The first-order valence-electron chi connectivity index (χ1n) is 4.88. The van der Waals surface area contributed by atoms with Crippen LogP contribution in [0.5, 0.6) is 0 Å². The number of primary amides is 1. The Kier molecular flexibility index (Phi) is 3.90. The lowest BCUT2D eigenvalue weighted by molar-refractivity contribution is -0.119. The van der Waals surface area contributed by atoms with Crippen LogP contribution in [-0.2, 0) is 14.8 Å². The molecule has 1 aromatic carbocycles. The Morgan fingerprint density at radius 1 is 1.33 bits per heavy atom. The fraction of sp³-hybridized carbons (Fsp3) is 0.300. The molecule has 18 heavy (non-hydrogen) atoms. The molecular weight excluding hydrogens is 266 g/mol. The van der Waals surface area contributed by atoms with Gasteiger partial charge < -0.3 is 5.73 Å². The van der Waals surface area contributed by atoms with E-state index in [9.17, 15) is 22.0 Å². The topological polar surface area (TPSA) is 89.3 Å². The monoisotopic (exact) mass is 278 g/mol. The molecule has 5 nitrogen and oxygen atoms in total. The Bertz CT molecular complexity index is 564. The molecule has 0 spiro atoms. The quantitative estimate of drug-likeness (QED) is 0.858. The van der Waals surface area contributed by atoms with E-state index in [4.69, 9.17) is 5.73 Å². The minimum atomic E-state index is -3.79. The lowest BCUT2D eigenvalue weighted by atomic mass is 10.00. The molecule has 1 rings (SSSR count). The average molecular weight is 278 g/mol. The zero-order valence-electron chi connectivity index (χ0n) is 9.70. The minimum Gasteiger partial charge on any atom is -0.369 e. The molecule has 8 heteroatoms. The maximum absolute atomic E-state index is 13.5. The van der Waals surface area contributed by atoms with Crippen LogP contribution < -0.4 is 10.5 Å². The highest BCUT2D eigenvalue weighted by atomic mass is 32.2. The van der Waals surface area contributed by atoms with E-state index in [1.54, 1.807) is 4.72 Å². The number of nitrogens with one attached hydrogen (secondary N) is 1. The van der Waals surface area contributed by atoms with Crippen LogP contribution in [0.4, 0.5) is 14.5 Å². The van der Waals surface area contributed by atoms with Crippen LogP contribution in [0.1, 0.15) is 18.4 Å². The van der Waals surface area contributed by atoms with Gasteiger partial charge in [-0.25, -0.2) is 17.2 Å². The van der Waals surface area contributed by atoms with Gasteiger partial charge in [0.2, 0.25) is 15.9 Å². The zero-order valence-corrected chi connectivity index (χ0v) is 10.5. The third kappa shape index (κ3) is 3.39. The summed E-state index contributed by atoms with van der Waals surface area (Å²) in [5.74, 6) is -3.83. The third-order valence-electron chi connectivity index (χ3n) is 2.28. The zero-order chi connectivity index (χ0) is 14.1. The number of halogens is 2. The van der Waals surface area contributed by atoms with Crippen LogP contribution >= 0.6 is 0 Å². The van der Waals surface area contributed by atoms with Gasteiger partial charge in [-0.1, -0.05) is 0 Å². The first-order chi connectivity index (χ1) is 8.11. The van der Waals surface area contributed by atoms with Crippen molar-refractivity contribution in [2.24, 2.45) is 5.73 Å². The summed E-state index contributed by atoms with van der Waals surface area (Å²) in [6, 6.07) is 1.73. The Labute approximate surface area is 103 Å². The number of hydrogen-bond acceptors (Lipinski definition) is 3. The van der Waals surface area contributed by atoms with Crippen LogP contribution in [0.15, 0.2) is 12.1 Å². The number of carbonyl (C=O) groups excluding carboxylic acids is 1. The summed E-state index contributed by atoms with van der Waals surface area (Å²) in [6.45, 7) is 1.39. The van der Waals surface area contributed by atoms with E-state index in [0.717, 1.165) is 18.4 Å². The number of benzene rings is 1. The Morgan fingerprint density at radius 3 is 2.11 bits per heavy atom. The summed E-state index contributed by atoms with van der Waals surface area (Å²) in [4.78, 5) is 10.9. The van der Waals surface area contributed by atoms with Gasteiger partial charge in [-0.2, -0.15) is 0 Å². The second kappa shape index (κ2) is 4.89. The molecule has 1 amide bonds. The van der Waals surface area contributed by atoms with Gasteiger partial charge in [-0.05, 0) is 24.6 Å². The van der Waals surface area contributed by atoms with E-state index >= 15 is 0 Å². The molecule has 0 heterocycles. The van der Waals surface area contributed by atoms with Gasteiger partial charge in [0.15, 0.2) is 11.6 Å². The molecule has 0 aliphatic rings. The maximum Gasteiger partial charge on any atom is 0.230 e. The number of rotatable bonds is 4. The molecule has 0 radical (unpaired) electrons. The Morgan fingerprint density at radius 2 is 1.78 bits per heavy atom. The molecule has 1 atom stereocenters. The molecule has 1 aromatic rings. The van der Waals surface area contributed by atoms with Crippen molar-refractivity contribution in [2.75, 3.05) is 11.0 Å². The summed E-state index contributed by atoms with van der Waals surface area (Å²) < 4.78 is 50.6. The summed E-state index contributed by atoms with van der Waals surface area (Å²) in [6.07, 6.45) is 0.770. The fourth-order valence-corrected chi connectivity index (χ4v) is 1.86. The molecule has 0 fully saturated rings. The van der Waals surface area contributed by atoms with Crippen LogP contribution in [-0.4, -0.2) is 20.6 Å². The lowest BCUT2D eigenvalue weighted by Crippen LogP contribution is -2.19. The van der Waals surface area contributed by atoms with Crippen molar-refractivity contribution in [2.45, 2.75) is 12.8 Å². The standard InChI is InChI=1S/C10H12F2N2O3S/c1-5(10(13)15)6-3-7(11)9(8(12)4-6)14-18(2,16)17/h3-5,14H,1-2H3,(H2,13,15). The van der Waals surface area contributed by atoms with Crippen molar-refractivity contribution in [3.8, 4) is 0 Å². The highest BCUT2D eigenvalue weighted by Gasteiger charge is 2.19. The molecule has 0 saturated carbocycles. The third-order valence-corrected chi connectivity index (χ3v) is 2.85. The van der Waals surface area contributed by atoms with Crippen molar-refractivity contribution in [3.63, 3.8) is 0 Å². The van der Waals surface area contributed by atoms with Gasteiger partial charge in [0, 0.05) is 0 Å². The van der Waals surface area contributed by atoms with E-state index < -0.39 is 39.2 Å². The molecule has 0 bridgehead atoms. The normalized spacial score (nSPS) is 13.1. The largest absolute Gasteiger partial charge is 0.369 e. The highest BCUT2D eigenvalue weighted by molar-refractivity contribution is 7.92. The second-order valence-electron chi connectivity index (χ2n) is 3.86. The van der Waals surface area contributed by atoms with Gasteiger partial charge in [-0.15, -0.1) is 0 Å². The SMILES string of the molecule is CC(C(N)=O)c1cc(F)c(NS(C)(=O)=O)c(F)c1. The fourth-order valence-electron chi connectivity index (χ4n) is 1.29. The first-order valence-corrected chi connectivity index (χ1v) is 6.77.